The van der Waals surface area contributed by atoms with E-state index >= 15 is 0 Å². The molecule has 0 aliphatic rings. The molecule has 1 N–H and O–H groups in total. The van der Waals surface area contributed by atoms with Gasteiger partial charge in [0.25, 0.3) is 0 Å². The van der Waals surface area contributed by atoms with Crippen LogP contribution in [-0.2, 0) is 0 Å². The maximum Gasteiger partial charge on any atom is 0.188 e. The molecule has 0 aliphatic carbocycles. The van der Waals surface area contributed by atoms with Gasteiger partial charge in [-0.1, -0.05) is 23.5 Å². The summed E-state index contributed by atoms with van der Waals surface area (Å²) in [5.74, 6) is -1.73. The molecule has 0 saturated heterocycles. The zero-order valence-electron chi connectivity index (χ0n) is 10.1. The van der Waals surface area contributed by atoms with Crippen molar-refractivity contribution < 1.29 is 8.78 Å². The number of rotatable bonds is 2. The number of anilines is 2. The molecule has 0 unspecified atom stereocenters. The van der Waals surface area contributed by atoms with Gasteiger partial charge in [-0.25, -0.2) is 13.8 Å². The maximum absolute atomic E-state index is 13.1. The van der Waals surface area contributed by atoms with Crippen LogP contribution in [0.25, 0.3) is 10.2 Å². The number of fused-ring (bicyclic) bond motifs is 1. The molecular formula is C14H10F2N2S. The fourth-order valence-electron chi connectivity index (χ4n) is 1.84. The summed E-state index contributed by atoms with van der Waals surface area (Å²) in [5, 5.41) is 3.65. The van der Waals surface area contributed by atoms with Crippen molar-refractivity contribution in [2.45, 2.75) is 6.92 Å². The molecule has 2 nitrogen and oxygen atoms in total. The van der Waals surface area contributed by atoms with Crippen LogP contribution in [0.2, 0.25) is 0 Å². The number of aromatic nitrogens is 1. The number of aryl methyl sites for hydroxylation is 1. The first-order chi connectivity index (χ1) is 9.13. The van der Waals surface area contributed by atoms with Crippen LogP contribution in [0.5, 0.6) is 0 Å². The average Bonchev–Trinajstić information content (AvgIpc) is 2.78. The van der Waals surface area contributed by atoms with Gasteiger partial charge in [0.05, 0.1) is 10.2 Å². The van der Waals surface area contributed by atoms with Crippen LogP contribution in [0.4, 0.5) is 19.6 Å². The highest BCUT2D eigenvalue weighted by molar-refractivity contribution is 7.22. The first kappa shape index (κ1) is 12.0. The van der Waals surface area contributed by atoms with Crippen LogP contribution in [0.1, 0.15) is 5.56 Å². The lowest BCUT2D eigenvalue weighted by molar-refractivity contribution is 0.509. The van der Waals surface area contributed by atoms with Gasteiger partial charge in [0.15, 0.2) is 16.8 Å². The van der Waals surface area contributed by atoms with Crippen LogP contribution < -0.4 is 5.32 Å². The van der Waals surface area contributed by atoms with E-state index in [1.54, 1.807) is 0 Å². The van der Waals surface area contributed by atoms with Crippen LogP contribution in [-0.4, -0.2) is 4.98 Å². The topological polar surface area (TPSA) is 24.9 Å². The predicted molar refractivity (Wildman–Crippen MR) is 74.0 cm³/mol. The Morgan fingerprint density at radius 2 is 1.95 bits per heavy atom. The molecule has 1 aromatic heterocycles. The Labute approximate surface area is 112 Å². The van der Waals surface area contributed by atoms with Gasteiger partial charge in [0.1, 0.15) is 0 Å². The van der Waals surface area contributed by atoms with Gasteiger partial charge >= 0.3 is 0 Å². The Morgan fingerprint density at radius 3 is 2.68 bits per heavy atom. The van der Waals surface area contributed by atoms with E-state index in [2.05, 4.69) is 10.3 Å². The fraction of sp³-hybridized carbons (Fsp3) is 0.0714. The van der Waals surface area contributed by atoms with Crippen molar-refractivity contribution in [3.63, 3.8) is 0 Å². The summed E-state index contributed by atoms with van der Waals surface area (Å²) in [4.78, 5) is 4.45. The predicted octanol–water partition coefficient (Wildman–Crippen LogP) is 4.63. The number of thiazole rings is 1. The van der Waals surface area contributed by atoms with Crippen molar-refractivity contribution in [1.29, 1.82) is 0 Å². The second-order valence-electron chi connectivity index (χ2n) is 4.19. The molecule has 0 bridgehead atoms. The molecule has 0 radical (unpaired) electrons. The van der Waals surface area contributed by atoms with Gasteiger partial charge in [-0.3, -0.25) is 0 Å². The van der Waals surface area contributed by atoms with Gasteiger partial charge < -0.3 is 5.32 Å². The number of nitrogens with zero attached hydrogens (tertiary/aromatic N) is 1. The SMILES string of the molecule is Cc1cccc2sc(Nc3ccc(F)c(F)c3)nc12. The zero-order valence-corrected chi connectivity index (χ0v) is 10.9. The van der Waals surface area contributed by atoms with E-state index in [9.17, 15) is 8.78 Å². The summed E-state index contributed by atoms with van der Waals surface area (Å²) >= 11 is 1.48. The zero-order chi connectivity index (χ0) is 13.4. The van der Waals surface area contributed by atoms with Crippen molar-refractivity contribution in [2.24, 2.45) is 0 Å². The van der Waals surface area contributed by atoms with E-state index in [0.29, 0.717) is 10.8 Å². The molecule has 96 valence electrons. The lowest BCUT2D eigenvalue weighted by atomic mass is 10.2. The van der Waals surface area contributed by atoms with Crippen molar-refractivity contribution in [1.82, 2.24) is 4.98 Å². The summed E-state index contributed by atoms with van der Waals surface area (Å²) in [5.41, 5.74) is 2.50. The number of para-hydroxylation sites is 1. The van der Waals surface area contributed by atoms with Gasteiger partial charge in [0, 0.05) is 11.8 Å². The third-order valence-corrected chi connectivity index (χ3v) is 3.73. The van der Waals surface area contributed by atoms with Crippen molar-refractivity contribution in [2.75, 3.05) is 5.32 Å². The molecule has 0 fully saturated rings. The van der Waals surface area contributed by atoms with E-state index in [1.165, 1.54) is 17.4 Å². The number of nitrogens with one attached hydrogen (secondary N) is 1. The Balaban J connectivity index is 1.96. The highest BCUT2D eigenvalue weighted by Crippen LogP contribution is 2.30. The fourth-order valence-corrected chi connectivity index (χ4v) is 2.80. The standard InChI is InChI=1S/C14H10F2N2S/c1-8-3-2-4-12-13(8)18-14(19-12)17-9-5-6-10(15)11(16)7-9/h2-7H,1H3,(H,17,18). The summed E-state index contributed by atoms with van der Waals surface area (Å²) in [6, 6.07) is 9.64. The van der Waals surface area contributed by atoms with Crippen LogP contribution in [0, 0.1) is 18.6 Å². The van der Waals surface area contributed by atoms with E-state index in [4.69, 9.17) is 0 Å². The summed E-state index contributed by atoms with van der Waals surface area (Å²) < 4.78 is 27.0. The number of hydrogen-bond acceptors (Lipinski definition) is 3. The maximum atomic E-state index is 13.1. The largest absolute Gasteiger partial charge is 0.331 e. The number of benzene rings is 2. The van der Waals surface area contributed by atoms with Gasteiger partial charge in [-0.15, -0.1) is 0 Å². The average molecular weight is 276 g/mol. The number of hydrogen-bond donors (Lipinski definition) is 1. The van der Waals surface area contributed by atoms with Gasteiger partial charge in [-0.05, 0) is 30.7 Å². The summed E-state index contributed by atoms with van der Waals surface area (Å²) in [7, 11) is 0. The molecule has 0 saturated carbocycles. The molecular weight excluding hydrogens is 266 g/mol. The lowest BCUT2D eigenvalue weighted by Crippen LogP contribution is -1.92. The molecule has 0 aliphatic heterocycles. The van der Waals surface area contributed by atoms with E-state index in [1.807, 2.05) is 25.1 Å². The quantitative estimate of drug-likeness (QED) is 0.738. The van der Waals surface area contributed by atoms with Gasteiger partial charge in [-0.2, -0.15) is 0 Å². The molecule has 3 aromatic rings. The Bertz CT molecular complexity index is 752. The minimum Gasteiger partial charge on any atom is -0.331 e. The molecule has 0 amide bonds. The lowest BCUT2D eigenvalue weighted by Gasteiger charge is -2.02. The normalized spacial score (nSPS) is 10.9. The summed E-state index contributed by atoms with van der Waals surface area (Å²) in [6.45, 7) is 1.99. The first-order valence-corrected chi connectivity index (χ1v) is 6.53. The Hall–Kier alpha value is -2.01. The second kappa shape index (κ2) is 4.59. The van der Waals surface area contributed by atoms with Crippen molar-refractivity contribution >= 4 is 32.4 Å². The molecule has 5 heteroatoms. The smallest absolute Gasteiger partial charge is 0.188 e. The monoisotopic (exact) mass is 276 g/mol. The van der Waals surface area contributed by atoms with Gasteiger partial charge in [0.2, 0.25) is 0 Å². The molecule has 0 atom stereocenters. The van der Waals surface area contributed by atoms with Crippen LogP contribution >= 0.6 is 11.3 Å². The van der Waals surface area contributed by atoms with Crippen LogP contribution in [0.3, 0.4) is 0 Å². The minimum atomic E-state index is -0.873. The van der Waals surface area contributed by atoms with E-state index in [-0.39, 0.29) is 0 Å². The van der Waals surface area contributed by atoms with Crippen molar-refractivity contribution in [3.8, 4) is 0 Å². The molecule has 2 aromatic carbocycles. The molecule has 1 heterocycles. The molecule has 3 rings (SSSR count). The third kappa shape index (κ3) is 2.29. The van der Waals surface area contributed by atoms with E-state index in [0.717, 1.165) is 27.9 Å². The molecule has 0 spiro atoms. The van der Waals surface area contributed by atoms with Crippen LogP contribution in [0.15, 0.2) is 36.4 Å². The minimum absolute atomic E-state index is 0.482. The summed E-state index contributed by atoms with van der Waals surface area (Å²) in [6.07, 6.45) is 0. The van der Waals surface area contributed by atoms with Crippen molar-refractivity contribution in [3.05, 3.63) is 53.6 Å². The highest BCUT2D eigenvalue weighted by atomic mass is 32.1. The highest BCUT2D eigenvalue weighted by Gasteiger charge is 2.07. The Morgan fingerprint density at radius 1 is 1.11 bits per heavy atom. The number of halogens is 2. The third-order valence-electron chi connectivity index (χ3n) is 2.79. The van der Waals surface area contributed by atoms with E-state index < -0.39 is 11.6 Å². The Kier molecular flexibility index (Phi) is 2.91. The first-order valence-electron chi connectivity index (χ1n) is 5.72. The molecule has 19 heavy (non-hydrogen) atoms. The second-order valence-corrected chi connectivity index (χ2v) is 5.23.